The molecule has 0 heterocycles. The molecule has 0 amide bonds. The van der Waals surface area contributed by atoms with Crippen LogP contribution in [0.15, 0.2) is 60.7 Å². The molecule has 0 saturated heterocycles. The van der Waals surface area contributed by atoms with Crippen molar-refractivity contribution in [3.05, 3.63) is 71.8 Å². The lowest BCUT2D eigenvalue weighted by Crippen LogP contribution is -2.39. The van der Waals surface area contributed by atoms with E-state index in [0.29, 0.717) is 18.6 Å². The fourth-order valence-electron chi connectivity index (χ4n) is 4.47. The monoisotopic (exact) mass is 348 g/mol. The Hall–Kier alpha value is -2.42. The summed E-state index contributed by atoms with van der Waals surface area (Å²) in [5.41, 5.74) is 1.94. The Labute approximate surface area is 154 Å². The summed E-state index contributed by atoms with van der Waals surface area (Å²) in [4.78, 5) is 25.2. The minimum atomic E-state index is -0.401. The van der Waals surface area contributed by atoms with Gasteiger partial charge in [-0.2, -0.15) is 0 Å². The maximum Gasteiger partial charge on any atom is 0.309 e. The zero-order valence-electron chi connectivity index (χ0n) is 14.8. The van der Waals surface area contributed by atoms with E-state index >= 15 is 0 Å². The number of Topliss-reactive ketones (excluding diaryl/α,β-unsaturated/α-hetero) is 1. The van der Waals surface area contributed by atoms with Gasteiger partial charge in [0, 0.05) is 11.8 Å². The van der Waals surface area contributed by atoms with Gasteiger partial charge in [0.05, 0.1) is 5.92 Å². The summed E-state index contributed by atoms with van der Waals surface area (Å²) in [5.74, 6) is 0.187. The second-order valence-corrected chi connectivity index (χ2v) is 7.53. The number of fused-ring (bicyclic) bond motifs is 2. The molecule has 2 aliphatic carbocycles. The van der Waals surface area contributed by atoms with Gasteiger partial charge in [0.15, 0.2) is 6.10 Å². The lowest BCUT2D eigenvalue weighted by molar-refractivity contribution is -0.157. The van der Waals surface area contributed by atoms with Gasteiger partial charge in [-0.25, -0.2) is 0 Å². The highest BCUT2D eigenvalue weighted by atomic mass is 16.5. The number of hydrogen-bond acceptors (Lipinski definition) is 3. The van der Waals surface area contributed by atoms with Crippen molar-refractivity contribution in [2.75, 3.05) is 0 Å². The first-order valence-electron chi connectivity index (χ1n) is 9.56. The smallest absolute Gasteiger partial charge is 0.309 e. The first kappa shape index (κ1) is 17.0. The third kappa shape index (κ3) is 3.44. The highest BCUT2D eigenvalue weighted by Crippen LogP contribution is 2.41. The summed E-state index contributed by atoms with van der Waals surface area (Å²) >= 11 is 0. The third-order valence-corrected chi connectivity index (χ3v) is 5.82. The molecule has 0 N–H and O–H groups in total. The summed E-state index contributed by atoms with van der Waals surface area (Å²) in [5, 5.41) is 0. The molecule has 0 spiro atoms. The standard InChI is InChI=1S/C23H24O3/c24-21-18-12-7-13-19(21)15-20(14-18)23(25)26-22(16-8-3-1-4-9-16)17-10-5-2-6-11-17/h1-6,8-11,18-20,22H,7,12-15H2/t18-,19-/m0/s1. The highest BCUT2D eigenvalue weighted by molar-refractivity contribution is 5.87. The molecular formula is C23H24O3. The van der Waals surface area contributed by atoms with Gasteiger partial charge in [-0.1, -0.05) is 67.1 Å². The van der Waals surface area contributed by atoms with Crippen LogP contribution in [0.2, 0.25) is 0 Å². The lowest BCUT2D eigenvalue weighted by Gasteiger charge is -2.37. The van der Waals surface area contributed by atoms with Crippen LogP contribution in [-0.2, 0) is 14.3 Å². The maximum atomic E-state index is 13.0. The maximum absolute atomic E-state index is 13.0. The molecule has 26 heavy (non-hydrogen) atoms. The molecule has 0 aliphatic heterocycles. The number of carbonyl (C=O) groups excluding carboxylic acids is 2. The van der Waals surface area contributed by atoms with Crippen LogP contribution < -0.4 is 0 Å². The van der Waals surface area contributed by atoms with Crippen molar-refractivity contribution < 1.29 is 14.3 Å². The minimum absolute atomic E-state index is 0.0620. The molecule has 2 aromatic carbocycles. The molecule has 0 unspecified atom stereocenters. The van der Waals surface area contributed by atoms with E-state index in [1.165, 1.54) is 0 Å². The topological polar surface area (TPSA) is 43.4 Å². The molecule has 2 fully saturated rings. The van der Waals surface area contributed by atoms with E-state index < -0.39 is 6.10 Å². The first-order valence-corrected chi connectivity index (χ1v) is 9.56. The third-order valence-electron chi connectivity index (χ3n) is 5.82. The molecule has 2 aliphatic rings. The number of ketones is 1. The van der Waals surface area contributed by atoms with Gasteiger partial charge in [0.2, 0.25) is 0 Å². The van der Waals surface area contributed by atoms with Crippen LogP contribution in [0.25, 0.3) is 0 Å². The molecule has 3 heteroatoms. The Morgan fingerprint density at radius 2 is 1.35 bits per heavy atom. The second kappa shape index (κ2) is 7.45. The van der Waals surface area contributed by atoms with Crippen molar-refractivity contribution in [1.29, 1.82) is 0 Å². The molecule has 134 valence electrons. The van der Waals surface area contributed by atoms with E-state index in [2.05, 4.69) is 0 Å². The fraction of sp³-hybridized carbons (Fsp3) is 0.391. The van der Waals surface area contributed by atoms with Crippen molar-refractivity contribution in [2.24, 2.45) is 17.8 Å². The van der Waals surface area contributed by atoms with E-state index in [4.69, 9.17) is 4.74 Å². The van der Waals surface area contributed by atoms with Gasteiger partial charge in [-0.15, -0.1) is 0 Å². The largest absolute Gasteiger partial charge is 0.452 e. The van der Waals surface area contributed by atoms with E-state index in [1.807, 2.05) is 60.7 Å². The second-order valence-electron chi connectivity index (χ2n) is 7.53. The number of ether oxygens (including phenoxy) is 1. The number of benzene rings is 2. The van der Waals surface area contributed by atoms with Gasteiger partial charge in [-0.05, 0) is 36.8 Å². The van der Waals surface area contributed by atoms with E-state index in [-0.39, 0.29) is 23.7 Å². The highest BCUT2D eigenvalue weighted by Gasteiger charge is 2.42. The Morgan fingerprint density at radius 3 is 1.85 bits per heavy atom. The predicted octanol–water partition coefficient (Wildman–Crippen LogP) is 4.71. The molecule has 3 nitrogen and oxygen atoms in total. The van der Waals surface area contributed by atoms with E-state index in [0.717, 1.165) is 30.4 Å². The molecule has 2 aromatic rings. The Morgan fingerprint density at radius 1 is 0.846 bits per heavy atom. The van der Waals surface area contributed by atoms with E-state index in [9.17, 15) is 9.59 Å². The number of hydrogen-bond donors (Lipinski definition) is 0. The van der Waals surface area contributed by atoms with Gasteiger partial charge < -0.3 is 4.74 Å². The van der Waals surface area contributed by atoms with Crippen molar-refractivity contribution in [3.63, 3.8) is 0 Å². The molecule has 2 atom stereocenters. The molecule has 0 aromatic heterocycles. The van der Waals surface area contributed by atoms with Crippen molar-refractivity contribution >= 4 is 11.8 Å². The SMILES string of the molecule is O=C(OC(c1ccccc1)c1ccccc1)C1C[C@@H]2CCC[C@@H](C1)C2=O. The van der Waals surface area contributed by atoms with Gasteiger partial charge in [-0.3, -0.25) is 9.59 Å². The predicted molar refractivity (Wildman–Crippen MR) is 99.4 cm³/mol. The van der Waals surface area contributed by atoms with Crippen LogP contribution in [0.4, 0.5) is 0 Å². The van der Waals surface area contributed by atoms with Crippen LogP contribution >= 0.6 is 0 Å². The average Bonchev–Trinajstić information content (AvgIpc) is 2.67. The van der Waals surface area contributed by atoms with Gasteiger partial charge in [0.1, 0.15) is 5.78 Å². The normalized spacial score (nSPS) is 25.1. The number of esters is 1. The zero-order chi connectivity index (χ0) is 17.9. The van der Waals surface area contributed by atoms with Crippen LogP contribution in [-0.4, -0.2) is 11.8 Å². The first-order chi connectivity index (χ1) is 12.7. The van der Waals surface area contributed by atoms with Crippen LogP contribution in [0.5, 0.6) is 0 Å². The molecule has 4 rings (SSSR count). The molecule has 2 bridgehead atoms. The summed E-state index contributed by atoms with van der Waals surface area (Å²) in [7, 11) is 0. The van der Waals surface area contributed by atoms with Crippen LogP contribution in [0, 0.1) is 17.8 Å². The van der Waals surface area contributed by atoms with Gasteiger partial charge >= 0.3 is 5.97 Å². The molecule has 2 saturated carbocycles. The zero-order valence-corrected chi connectivity index (χ0v) is 14.8. The van der Waals surface area contributed by atoms with Crippen molar-refractivity contribution in [2.45, 2.75) is 38.2 Å². The number of carbonyl (C=O) groups is 2. The summed E-state index contributed by atoms with van der Waals surface area (Å²) in [6.07, 6.45) is 3.89. The number of rotatable bonds is 4. The van der Waals surface area contributed by atoms with Crippen LogP contribution in [0.1, 0.15) is 49.3 Å². The van der Waals surface area contributed by atoms with Gasteiger partial charge in [0.25, 0.3) is 0 Å². The van der Waals surface area contributed by atoms with Crippen LogP contribution in [0.3, 0.4) is 0 Å². The molecular weight excluding hydrogens is 324 g/mol. The van der Waals surface area contributed by atoms with Crippen molar-refractivity contribution in [1.82, 2.24) is 0 Å². The summed E-state index contributed by atoms with van der Waals surface area (Å²) < 4.78 is 6.01. The Kier molecular flexibility index (Phi) is 4.87. The Balaban J connectivity index is 1.54. The van der Waals surface area contributed by atoms with Crippen molar-refractivity contribution in [3.8, 4) is 0 Å². The lowest BCUT2D eigenvalue weighted by atomic mass is 9.67. The fourth-order valence-corrected chi connectivity index (χ4v) is 4.47. The summed E-state index contributed by atoms with van der Waals surface area (Å²) in [6.45, 7) is 0. The average molecular weight is 348 g/mol. The Bertz CT molecular complexity index is 713. The van der Waals surface area contributed by atoms with E-state index in [1.54, 1.807) is 0 Å². The minimum Gasteiger partial charge on any atom is -0.452 e. The summed E-state index contributed by atoms with van der Waals surface area (Å²) in [6, 6.07) is 19.7. The quantitative estimate of drug-likeness (QED) is 0.751. The molecule has 0 radical (unpaired) electrons.